The van der Waals surface area contributed by atoms with Gasteiger partial charge in [-0.3, -0.25) is 0 Å². The molecule has 0 nitrogen and oxygen atoms in total. The standard InChI is InChI=1S/C16H32/c1-15(2,3)13-11-9-7-8-10-12-14-16(4,5)6/h11,13H,7-10,12,14H2,1-6H3/b13-11+. The maximum atomic E-state index is 2.35. The molecule has 0 heteroatoms. The summed E-state index contributed by atoms with van der Waals surface area (Å²) < 4.78 is 0. The number of hydrogen-bond donors (Lipinski definition) is 0. The largest absolute Gasteiger partial charge is 0.0880 e. The zero-order valence-electron chi connectivity index (χ0n) is 12.4. The van der Waals surface area contributed by atoms with Gasteiger partial charge in [-0.15, -0.1) is 0 Å². The van der Waals surface area contributed by atoms with E-state index >= 15 is 0 Å². The third kappa shape index (κ3) is 13.7. The molecule has 0 amide bonds. The van der Waals surface area contributed by atoms with E-state index in [0.717, 1.165) is 0 Å². The normalized spacial score (nSPS) is 13.6. The van der Waals surface area contributed by atoms with Crippen LogP contribution >= 0.6 is 0 Å². The lowest BCUT2D eigenvalue weighted by Crippen LogP contribution is -2.03. The quantitative estimate of drug-likeness (QED) is 0.385. The van der Waals surface area contributed by atoms with Crippen LogP contribution in [0, 0.1) is 10.8 Å². The predicted octanol–water partition coefficient (Wildman–Crippen LogP) is 5.98. The summed E-state index contributed by atoms with van der Waals surface area (Å²) in [5.41, 5.74) is 0.873. The second-order valence-electron chi connectivity index (χ2n) is 7.28. The fourth-order valence-corrected chi connectivity index (χ4v) is 1.71. The minimum absolute atomic E-state index is 0.353. The van der Waals surface area contributed by atoms with Crippen molar-refractivity contribution >= 4 is 0 Å². The van der Waals surface area contributed by atoms with Crippen LogP contribution in [0.3, 0.4) is 0 Å². The molecular weight excluding hydrogens is 192 g/mol. The van der Waals surface area contributed by atoms with E-state index < -0.39 is 0 Å². The van der Waals surface area contributed by atoms with E-state index in [2.05, 4.69) is 53.7 Å². The van der Waals surface area contributed by atoms with Crippen LogP contribution in [0.4, 0.5) is 0 Å². The van der Waals surface area contributed by atoms with Crippen LogP contribution in [0.2, 0.25) is 0 Å². The van der Waals surface area contributed by atoms with E-state index in [1.165, 1.54) is 38.5 Å². The van der Waals surface area contributed by atoms with Gasteiger partial charge in [-0.25, -0.2) is 0 Å². The predicted molar refractivity (Wildman–Crippen MR) is 75.8 cm³/mol. The molecule has 0 heterocycles. The molecule has 0 rings (SSSR count). The zero-order valence-corrected chi connectivity index (χ0v) is 12.4. The summed E-state index contributed by atoms with van der Waals surface area (Å²) in [4.78, 5) is 0. The molecule has 0 aromatic carbocycles. The summed E-state index contributed by atoms with van der Waals surface area (Å²) in [7, 11) is 0. The number of hydrogen-bond acceptors (Lipinski definition) is 0. The van der Waals surface area contributed by atoms with E-state index in [-0.39, 0.29) is 0 Å². The molecule has 0 radical (unpaired) electrons. The molecule has 0 saturated carbocycles. The second kappa shape index (κ2) is 7.14. The highest BCUT2D eigenvalue weighted by atomic mass is 14.1. The molecule has 0 fully saturated rings. The van der Waals surface area contributed by atoms with E-state index in [1.54, 1.807) is 0 Å². The van der Waals surface area contributed by atoms with Crippen molar-refractivity contribution < 1.29 is 0 Å². The summed E-state index contributed by atoms with van der Waals surface area (Å²) in [5.74, 6) is 0. The van der Waals surface area contributed by atoms with Crippen molar-refractivity contribution in [3.05, 3.63) is 12.2 Å². The van der Waals surface area contributed by atoms with Crippen LogP contribution in [-0.4, -0.2) is 0 Å². The minimum atomic E-state index is 0.353. The van der Waals surface area contributed by atoms with E-state index in [4.69, 9.17) is 0 Å². The maximum absolute atomic E-state index is 2.35. The average molecular weight is 224 g/mol. The van der Waals surface area contributed by atoms with Crippen molar-refractivity contribution in [1.29, 1.82) is 0 Å². The van der Waals surface area contributed by atoms with Crippen molar-refractivity contribution in [2.75, 3.05) is 0 Å². The van der Waals surface area contributed by atoms with Crippen molar-refractivity contribution in [2.45, 2.75) is 80.1 Å². The Morgan fingerprint density at radius 1 is 0.750 bits per heavy atom. The first-order chi connectivity index (χ1) is 7.21. The Balaban J connectivity index is 3.32. The lowest BCUT2D eigenvalue weighted by molar-refractivity contribution is 0.357. The van der Waals surface area contributed by atoms with Crippen LogP contribution in [-0.2, 0) is 0 Å². The Kier molecular flexibility index (Phi) is 7.03. The first kappa shape index (κ1) is 15.7. The van der Waals surface area contributed by atoms with Gasteiger partial charge in [0.05, 0.1) is 0 Å². The molecule has 16 heavy (non-hydrogen) atoms. The van der Waals surface area contributed by atoms with Crippen molar-refractivity contribution in [2.24, 2.45) is 10.8 Å². The SMILES string of the molecule is CC(C)(C)/C=C/CCCCCCC(C)(C)C. The van der Waals surface area contributed by atoms with Gasteiger partial charge in [0.25, 0.3) is 0 Å². The first-order valence-electron chi connectivity index (χ1n) is 6.88. The number of rotatable bonds is 6. The molecule has 0 saturated heterocycles. The van der Waals surface area contributed by atoms with E-state index in [1.807, 2.05) is 0 Å². The fourth-order valence-electron chi connectivity index (χ4n) is 1.71. The van der Waals surface area contributed by atoms with Crippen molar-refractivity contribution in [3.8, 4) is 0 Å². The van der Waals surface area contributed by atoms with Gasteiger partial charge in [0.2, 0.25) is 0 Å². The summed E-state index contributed by atoms with van der Waals surface area (Å²) >= 11 is 0. The summed E-state index contributed by atoms with van der Waals surface area (Å²) in [6.07, 6.45) is 12.9. The smallest absolute Gasteiger partial charge is 0.0203 e. The number of unbranched alkanes of at least 4 members (excludes halogenated alkanes) is 4. The van der Waals surface area contributed by atoms with Crippen molar-refractivity contribution in [1.82, 2.24) is 0 Å². The van der Waals surface area contributed by atoms with Crippen molar-refractivity contribution in [3.63, 3.8) is 0 Å². The summed E-state index contributed by atoms with van der Waals surface area (Å²) in [6, 6.07) is 0. The highest BCUT2D eigenvalue weighted by Gasteiger charge is 2.08. The molecule has 0 aliphatic carbocycles. The van der Waals surface area contributed by atoms with Crippen LogP contribution < -0.4 is 0 Å². The van der Waals surface area contributed by atoms with Gasteiger partial charge in [0, 0.05) is 0 Å². The van der Waals surface area contributed by atoms with E-state index in [9.17, 15) is 0 Å². The van der Waals surface area contributed by atoms with Gasteiger partial charge in [-0.1, -0.05) is 73.0 Å². The second-order valence-corrected chi connectivity index (χ2v) is 7.28. The van der Waals surface area contributed by atoms with Gasteiger partial charge >= 0.3 is 0 Å². The lowest BCUT2D eigenvalue weighted by Gasteiger charge is -2.17. The highest BCUT2D eigenvalue weighted by molar-refractivity contribution is 4.91. The lowest BCUT2D eigenvalue weighted by atomic mass is 9.89. The molecule has 0 aromatic heterocycles. The molecule has 0 unspecified atom stereocenters. The Hall–Kier alpha value is -0.260. The third-order valence-electron chi connectivity index (χ3n) is 2.67. The van der Waals surface area contributed by atoms with E-state index in [0.29, 0.717) is 10.8 Å². The van der Waals surface area contributed by atoms with Gasteiger partial charge in [0.15, 0.2) is 0 Å². The monoisotopic (exact) mass is 224 g/mol. The third-order valence-corrected chi connectivity index (χ3v) is 2.67. The molecule has 0 atom stereocenters. The molecule has 0 aromatic rings. The van der Waals surface area contributed by atoms with Gasteiger partial charge in [-0.2, -0.15) is 0 Å². The van der Waals surface area contributed by atoms with Gasteiger partial charge in [-0.05, 0) is 30.1 Å². The topological polar surface area (TPSA) is 0 Å². The maximum Gasteiger partial charge on any atom is -0.0203 e. The molecule has 0 bridgehead atoms. The van der Waals surface area contributed by atoms with Crippen LogP contribution in [0.15, 0.2) is 12.2 Å². The van der Waals surface area contributed by atoms with Gasteiger partial charge in [0.1, 0.15) is 0 Å². The summed E-state index contributed by atoms with van der Waals surface area (Å²) in [5, 5.41) is 0. The van der Waals surface area contributed by atoms with Gasteiger partial charge < -0.3 is 0 Å². The minimum Gasteiger partial charge on any atom is -0.0880 e. The average Bonchev–Trinajstić information content (AvgIpc) is 2.06. The molecule has 0 aliphatic rings. The van der Waals surface area contributed by atoms with Crippen LogP contribution in [0.5, 0.6) is 0 Å². The fraction of sp³-hybridized carbons (Fsp3) is 0.875. The Morgan fingerprint density at radius 3 is 1.81 bits per heavy atom. The Labute approximate surface area is 104 Å². The molecule has 0 N–H and O–H groups in total. The molecular formula is C16H32. The first-order valence-corrected chi connectivity index (χ1v) is 6.88. The number of allylic oxidation sites excluding steroid dienone is 2. The Morgan fingerprint density at radius 2 is 1.31 bits per heavy atom. The van der Waals surface area contributed by atoms with Crippen LogP contribution in [0.25, 0.3) is 0 Å². The highest BCUT2D eigenvalue weighted by Crippen LogP contribution is 2.22. The van der Waals surface area contributed by atoms with Crippen LogP contribution in [0.1, 0.15) is 80.1 Å². The molecule has 0 spiro atoms. The molecule has 0 aliphatic heterocycles. The zero-order chi connectivity index (χ0) is 12.7. The molecule has 96 valence electrons. The Bertz CT molecular complexity index is 185. The summed E-state index contributed by atoms with van der Waals surface area (Å²) in [6.45, 7) is 13.8.